The fourth-order valence-electron chi connectivity index (χ4n) is 1.40. The van der Waals surface area contributed by atoms with Crippen LogP contribution in [0, 0.1) is 11.3 Å². The van der Waals surface area contributed by atoms with Crippen LogP contribution in [0.3, 0.4) is 0 Å². The van der Waals surface area contributed by atoms with Crippen molar-refractivity contribution in [3.05, 3.63) is 23.8 Å². The Kier molecular flexibility index (Phi) is 2.13. The molecule has 0 unspecified atom stereocenters. The van der Waals surface area contributed by atoms with E-state index in [9.17, 15) is 0 Å². The van der Waals surface area contributed by atoms with Gasteiger partial charge in [0.25, 0.3) is 0 Å². The van der Waals surface area contributed by atoms with E-state index in [4.69, 9.17) is 11.0 Å². The van der Waals surface area contributed by atoms with Crippen molar-refractivity contribution in [2.45, 2.75) is 19.3 Å². The van der Waals surface area contributed by atoms with Gasteiger partial charge >= 0.3 is 0 Å². The lowest BCUT2D eigenvalue weighted by Gasteiger charge is -2.15. The first-order chi connectivity index (χ1) is 7.03. The minimum atomic E-state index is -0.465. The van der Waals surface area contributed by atoms with E-state index in [1.165, 1.54) is 11.3 Å². The Morgan fingerprint density at radius 1 is 1.47 bits per heavy atom. The lowest BCUT2D eigenvalue weighted by Crippen LogP contribution is -2.13. The molecule has 0 aliphatic heterocycles. The largest absolute Gasteiger partial charge is 0.375 e. The normalized spacial score (nSPS) is 11.5. The quantitative estimate of drug-likeness (QED) is 0.798. The number of fused-ring (bicyclic) bond motifs is 1. The second kappa shape index (κ2) is 3.21. The van der Waals surface area contributed by atoms with Crippen LogP contribution in [-0.2, 0) is 5.41 Å². The molecule has 0 saturated carbocycles. The van der Waals surface area contributed by atoms with Crippen LogP contribution < -0.4 is 5.73 Å². The third-order valence-corrected chi connectivity index (χ3v) is 3.25. The standard InChI is InChI=1S/C11H11N3S/c1-11(2,6-12)7-3-4-8-9(5-7)15-10(13)14-8/h3-5H,1-2H3,(H2,13,14). The number of anilines is 1. The van der Waals surface area contributed by atoms with E-state index in [1.807, 2.05) is 32.0 Å². The van der Waals surface area contributed by atoms with Gasteiger partial charge in [0.05, 0.1) is 21.7 Å². The molecule has 1 aromatic heterocycles. The molecule has 4 heteroatoms. The average Bonchev–Trinajstić information content (AvgIpc) is 2.56. The molecule has 0 bridgehead atoms. The number of hydrogen-bond donors (Lipinski definition) is 1. The second-order valence-electron chi connectivity index (χ2n) is 3.97. The number of nitrogens with two attached hydrogens (primary N) is 1. The third kappa shape index (κ3) is 1.66. The first kappa shape index (κ1) is 9.94. The van der Waals surface area contributed by atoms with Crippen molar-refractivity contribution in [2.75, 3.05) is 5.73 Å². The summed E-state index contributed by atoms with van der Waals surface area (Å²) in [6.45, 7) is 3.80. The van der Waals surface area contributed by atoms with Crippen molar-refractivity contribution in [1.29, 1.82) is 5.26 Å². The fraction of sp³-hybridized carbons (Fsp3) is 0.273. The summed E-state index contributed by atoms with van der Waals surface area (Å²) < 4.78 is 1.04. The predicted octanol–water partition coefficient (Wildman–Crippen LogP) is 2.68. The van der Waals surface area contributed by atoms with Gasteiger partial charge < -0.3 is 5.73 Å². The molecule has 76 valence electrons. The molecule has 0 amide bonds. The monoisotopic (exact) mass is 217 g/mol. The number of hydrogen-bond acceptors (Lipinski definition) is 4. The second-order valence-corrected chi connectivity index (χ2v) is 5.03. The Balaban J connectivity index is 2.62. The predicted molar refractivity (Wildman–Crippen MR) is 62.7 cm³/mol. The maximum Gasteiger partial charge on any atom is 0.181 e. The number of benzene rings is 1. The molecular formula is C11H11N3S. The van der Waals surface area contributed by atoms with Crippen LogP contribution in [0.25, 0.3) is 10.2 Å². The van der Waals surface area contributed by atoms with Crippen LogP contribution in [0.1, 0.15) is 19.4 Å². The van der Waals surface area contributed by atoms with E-state index in [-0.39, 0.29) is 0 Å². The van der Waals surface area contributed by atoms with Gasteiger partial charge in [0.2, 0.25) is 0 Å². The highest BCUT2D eigenvalue weighted by atomic mass is 32.1. The first-order valence-electron chi connectivity index (χ1n) is 4.61. The minimum Gasteiger partial charge on any atom is -0.375 e. The molecule has 0 spiro atoms. The van der Waals surface area contributed by atoms with Crippen LogP contribution in [0.15, 0.2) is 18.2 Å². The van der Waals surface area contributed by atoms with Crippen molar-refractivity contribution in [1.82, 2.24) is 4.98 Å². The van der Waals surface area contributed by atoms with Crippen molar-refractivity contribution in [2.24, 2.45) is 0 Å². The molecule has 0 aliphatic carbocycles. The molecule has 2 N–H and O–H groups in total. The van der Waals surface area contributed by atoms with Crippen molar-refractivity contribution in [3.8, 4) is 6.07 Å². The van der Waals surface area contributed by atoms with Gasteiger partial charge in [-0.25, -0.2) is 4.98 Å². The highest BCUT2D eigenvalue weighted by Crippen LogP contribution is 2.29. The molecule has 0 fully saturated rings. The van der Waals surface area contributed by atoms with Gasteiger partial charge in [0, 0.05) is 0 Å². The zero-order valence-corrected chi connectivity index (χ0v) is 9.43. The van der Waals surface area contributed by atoms with Crippen LogP contribution >= 0.6 is 11.3 Å². The van der Waals surface area contributed by atoms with Gasteiger partial charge in [-0.2, -0.15) is 5.26 Å². The summed E-state index contributed by atoms with van der Waals surface area (Å²) in [6.07, 6.45) is 0. The number of aromatic nitrogens is 1. The number of nitrogens with zero attached hydrogens (tertiary/aromatic N) is 2. The molecule has 1 aromatic carbocycles. The van der Waals surface area contributed by atoms with Crippen molar-refractivity contribution in [3.63, 3.8) is 0 Å². The minimum absolute atomic E-state index is 0.465. The molecule has 0 atom stereocenters. The lowest BCUT2D eigenvalue weighted by molar-refractivity contribution is 0.688. The van der Waals surface area contributed by atoms with E-state index in [2.05, 4.69) is 11.1 Å². The molecule has 2 aromatic rings. The van der Waals surface area contributed by atoms with Crippen molar-refractivity contribution >= 4 is 26.7 Å². The number of nitrogen functional groups attached to an aromatic ring is 1. The van der Waals surface area contributed by atoms with Crippen molar-refractivity contribution < 1.29 is 0 Å². The Morgan fingerprint density at radius 2 is 2.20 bits per heavy atom. The van der Waals surface area contributed by atoms with E-state index in [0.717, 1.165) is 15.8 Å². The van der Waals surface area contributed by atoms with E-state index in [0.29, 0.717) is 5.13 Å². The molecular weight excluding hydrogens is 206 g/mol. The smallest absolute Gasteiger partial charge is 0.181 e. The number of thiazole rings is 1. The lowest BCUT2D eigenvalue weighted by atomic mass is 9.86. The molecule has 15 heavy (non-hydrogen) atoms. The molecule has 3 nitrogen and oxygen atoms in total. The van der Waals surface area contributed by atoms with E-state index < -0.39 is 5.41 Å². The van der Waals surface area contributed by atoms with Gasteiger partial charge in [-0.1, -0.05) is 17.4 Å². The van der Waals surface area contributed by atoms with Crippen LogP contribution in [0.5, 0.6) is 0 Å². The number of nitriles is 1. The SMILES string of the molecule is CC(C)(C#N)c1ccc2nc(N)sc2c1. The summed E-state index contributed by atoms with van der Waals surface area (Å²) in [5.74, 6) is 0. The zero-order valence-electron chi connectivity index (χ0n) is 8.61. The summed E-state index contributed by atoms with van der Waals surface area (Å²) >= 11 is 1.45. The topological polar surface area (TPSA) is 62.7 Å². The van der Waals surface area contributed by atoms with Gasteiger partial charge in [0.1, 0.15) is 0 Å². The Bertz CT molecular complexity index is 548. The Morgan fingerprint density at radius 3 is 2.87 bits per heavy atom. The first-order valence-corrected chi connectivity index (χ1v) is 5.42. The summed E-state index contributed by atoms with van der Waals surface area (Å²) in [5, 5.41) is 9.60. The van der Waals surface area contributed by atoms with Gasteiger partial charge in [0.15, 0.2) is 5.13 Å². The van der Waals surface area contributed by atoms with Crippen LogP contribution in [0.4, 0.5) is 5.13 Å². The Labute approximate surface area is 92.2 Å². The van der Waals surface area contributed by atoms with Gasteiger partial charge in [-0.05, 0) is 31.5 Å². The molecule has 1 heterocycles. The average molecular weight is 217 g/mol. The van der Waals surface area contributed by atoms with Crippen LogP contribution in [-0.4, -0.2) is 4.98 Å². The summed E-state index contributed by atoms with van der Waals surface area (Å²) in [5.41, 5.74) is 7.06. The zero-order chi connectivity index (χ0) is 11.1. The van der Waals surface area contributed by atoms with Gasteiger partial charge in [-0.15, -0.1) is 0 Å². The highest BCUT2D eigenvalue weighted by Gasteiger charge is 2.20. The highest BCUT2D eigenvalue weighted by molar-refractivity contribution is 7.22. The van der Waals surface area contributed by atoms with Gasteiger partial charge in [-0.3, -0.25) is 0 Å². The maximum atomic E-state index is 9.04. The molecule has 2 rings (SSSR count). The molecule has 0 saturated heterocycles. The summed E-state index contributed by atoms with van der Waals surface area (Å²) in [4.78, 5) is 4.18. The Hall–Kier alpha value is -1.60. The van der Waals surface area contributed by atoms with E-state index >= 15 is 0 Å². The maximum absolute atomic E-state index is 9.04. The third-order valence-electron chi connectivity index (χ3n) is 2.41. The summed E-state index contributed by atoms with van der Waals surface area (Å²) in [6, 6.07) is 8.12. The summed E-state index contributed by atoms with van der Waals surface area (Å²) in [7, 11) is 0. The van der Waals surface area contributed by atoms with E-state index in [1.54, 1.807) is 0 Å². The fourth-order valence-corrected chi connectivity index (χ4v) is 2.17. The molecule has 0 radical (unpaired) electrons. The number of rotatable bonds is 1. The molecule has 0 aliphatic rings. The van der Waals surface area contributed by atoms with Crippen LogP contribution in [0.2, 0.25) is 0 Å².